The van der Waals surface area contributed by atoms with Crippen LogP contribution in [0.25, 0.3) is 0 Å². The number of carbonyl (C=O) groups is 4. The van der Waals surface area contributed by atoms with Gasteiger partial charge in [0, 0.05) is 25.0 Å². The van der Waals surface area contributed by atoms with Gasteiger partial charge in [0.1, 0.15) is 0 Å². The van der Waals surface area contributed by atoms with Crippen molar-refractivity contribution in [3.05, 3.63) is 12.2 Å². The number of hydroxylamine groups is 2. The highest BCUT2D eigenvalue weighted by Gasteiger charge is 2.27. The quantitative estimate of drug-likeness (QED) is 0.519. The van der Waals surface area contributed by atoms with Gasteiger partial charge in [0.15, 0.2) is 0 Å². The Kier molecular flexibility index (Phi) is 4.38. The maximum Gasteiger partial charge on any atom is 0.333 e. The van der Waals surface area contributed by atoms with Crippen LogP contribution in [0.3, 0.4) is 0 Å². The molecular formula is C10H11NO6. The van der Waals surface area contributed by atoms with Crippen LogP contribution in [-0.4, -0.2) is 33.9 Å². The third-order valence-electron chi connectivity index (χ3n) is 1.98. The first kappa shape index (κ1) is 12.9. The van der Waals surface area contributed by atoms with Crippen molar-refractivity contribution in [3.8, 4) is 0 Å². The molecule has 1 heterocycles. The van der Waals surface area contributed by atoms with Gasteiger partial charge >= 0.3 is 11.9 Å². The monoisotopic (exact) mass is 241 g/mol. The number of amides is 2. The zero-order valence-corrected chi connectivity index (χ0v) is 8.92. The van der Waals surface area contributed by atoms with Gasteiger partial charge in [-0.15, -0.1) is 0 Å². The van der Waals surface area contributed by atoms with Crippen LogP contribution < -0.4 is 0 Å². The summed E-state index contributed by atoms with van der Waals surface area (Å²) >= 11 is 0. The molecule has 17 heavy (non-hydrogen) atoms. The van der Waals surface area contributed by atoms with E-state index in [1.807, 2.05) is 0 Å². The van der Waals surface area contributed by atoms with E-state index < -0.39 is 23.8 Å². The fourth-order valence-electron chi connectivity index (χ4n) is 1.17. The molecule has 1 aliphatic heterocycles. The lowest BCUT2D eigenvalue weighted by Crippen LogP contribution is -2.32. The third-order valence-corrected chi connectivity index (χ3v) is 1.98. The number of hydrogen-bond donors (Lipinski definition) is 1. The molecule has 0 unspecified atom stereocenters. The lowest BCUT2D eigenvalue weighted by molar-refractivity contribution is -0.196. The standard InChI is InChI=1S/C10H11NO6/c12-7-5-6-8(13)11(7)17-10(16)4-2-1-3-9(14)15/h5-6H,1-4H2,(H,14,15). The highest BCUT2D eigenvalue weighted by Crippen LogP contribution is 2.07. The van der Waals surface area contributed by atoms with Gasteiger partial charge in [-0.3, -0.25) is 14.4 Å². The molecule has 0 bridgehead atoms. The molecule has 2 amide bonds. The van der Waals surface area contributed by atoms with Gasteiger partial charge < -0.3 is 9.94 Å². The van der Waals surface area contributed by atoms with Gasteiger partial charge in [0.25, 0.3) is 11.8 Å². The number of nitrogens with zero attached hydrogens (tertiary/aromatic N) is 1. The van der Waals surface area contributed by atoms with Gasteiger partial charge in [-0.05, 0) is 12.8 Å². The van der Waals surface area contributed by atoms with E-state index in [9.17, 15) is 19.2 Å². The summed E-state index contributed by atoms with van der Waals surface area (Å²) < 4.78 is 0. The van der Waals surface area contributed by atoms with Crippen LogP contribution in [0.5, 0.6) is 0 Å². The van der Waals surface area contributed by atoms with Gasteiger partial charge in [-0.25, -0.2) is 4.79 Å². The van der Waals surface area contributed by atoms with Crippen LogP contribution in [0.2, 0.25) is 0 Å². The van der Waals surface area contributed by atoms with Crippen molar-refractivity contribution in [2.75, 3.05) is 0 Å². The van der Waals surface area contributed by atoms with Crippen molar-refractivity contribution in [1.29, 1.82) is 0 Å². The number of rotatable bonds is 6. The van der Waals surface area contributed by atoms with Crippen molar-refractivity contribution >= 4 is 23.8 Å². The van der Waals surface area contributed by atoms with E-state index in [-0.39, 0.29) is 12.8 Å². The summed E-state index contributed by atoms with van der Waals surface area (Å²) in [6.45, 7) is 0. The Morgan fingerprint density at radius 3 is 2.18 bits per heavy atom. The number of hydrogen-bond acceptors (Lipinski definition) is 5. The van der Waals surface area contributed by atoms with E-state index in [0.717, 1.165) is 12.2 Å². The van der Waals surface area contributed by atoms with E-state index in [1.54, 1.807) is 0 Å². The lowest BCUT2D eigenvalue weighted by atomic mass is 10.2. The minimum atomic E-state index is -0.938. The largest absolute Gasteiger partial charge is 0.481 e. The number of aliphatic carboxylic acids is 1. The van der Waals surface area contributed by atoms with E-state index in [1.165, 1.54) is 0 Å². The summed E-state index contributed by atoms with van der Waals surface area (Å²) in [5.41, 5.74) is 0. The second kappa shape index (κ2) is 5.78. The molecule has 0 aliphatic carbocycles. The average Bonchev–Trinajstić information content (AvgIpc) is 2.56. The molecule has 0 radical (unpaired) electrons. The predicted molar refractivity (Wildman–Crippen MR) is 53.2 cm³/mol. The van der Waals surface area contributed by atoms with Crippen LogP contribution in [-0.2, 0) is 24.0 Å². The zero-order valence-electron chi connectivity index (χ0n) is 8.92. The molecule has 0 aromatic carbocycles. The first-order valence-corrected chi connectivity index (χ1v) is 4.99. The zero-order chi connectivity index (χ0) is 12.8. The second-order valence-corrected chi connectivity index (χ2v) is 3.37. The van der Waals surface area contributed by atoms with Gasteiger partial charge in [-0.2, -0.15) is 0 Å². The molecule has 0 aromatic heterocycles. The lowest BCUT2D eigenvalue weighted by Gasteiger charge is -2.12. The van der Waals surface area contributed by atoms with Gasteiger partial charge in [-0.1, -0.05) is 5.06 Å². The van der Waals surface area contributed by atoms with Crippen molar-refractivity contribution in [1.82, 2.24) is 5.06 Å². The highest BCUT2D eigenvalue weighted by molar-refractivity contribution is 6.12. The van der Waals surface area contributed by atoms with Crippen molar-refractivity contribution in [3.63, 3.8) is 0 Å². The Morgan fingerprint density at radius 2 is 1.65 bits per heavy atom. The van der Waals surface area contributed by atoms with E-state index in [4.69, 9.17) is 5.11 Å². The SMILES string of the molecule is O=C(O)CCCCC(=O)ON1C(=O)C=CC1=O. The first-order valence-electron chi connectivity index (χ1n) is 4.99. The van der Waals surface area contributed by atoms with Crippen molar-refractivity contribution in [2.24, 2.45) is 0 Å². The molecule has 0 atom stereocenters. The maximum absolute atomic E-state index is 11.2. The number of carbonyl (C=O) groups excluding carboxylic acids is 3. The Hall–Kier alpha value is -2.18. The molecule has 1 N–H and O–H groups in total. The number of carboxylic acid groups (broad SMARTS) is 1. The molecule has 0 fully saturated rings. The summed E-state index contributed by atoms with van der Waals surface area (Å²) in [4.78, 5) is 47.9. The van der Waals surface area contributed by atoms with E-state index in [2.05, 4.69) is 4.84 Å². The Bertz CT molecular complexity index is 368. The molecule has 7 nitrogen and oxygen atoms in total. The van der Waals surface area contributed by atoms with Crippen LogP contribution in [0, 0.1) is 0 Å². The molecule has 1 aliphatic rings. The second-order valence-electron chi connectivity index (χ2n) is 3.37. The van der Waals surface area contributed by atoms with Crippen molar-refractivity contribution in [2.45, 2.75) is 25.7 Å². The van der Waals surface area contributed by atoms with Crippen molar-refractivity contribution < 1.29 is 29.1 Å². The predicted octanol–water partition coefficient (Wildman–Crippen LogP) is 0.0146. The Labute approximate surface area is 96.6 Å². The summed E-state index contributed by atoms with van der Waals surface area (Å²) in [6.07, 6.45) is 2.60. The van der Waals surface area contributed by atoms with Gasteiger partial charge in [0.05, 0.1) is 0 Å². The summed E-state index contributed by atoms with van der Waals surface area (Å²) in [7, 11) is 0. The van der Waals surface area contributed by atoms with Crippen LogP contribution in [0.4, 0.5) is 0 Å². The maximum atomic E-state index is 11.2. The average molecular weight is 241 g/mol. The molecule has 92 valence electrons. The molecule has 7 heteroatoms. The van der Waals surface area contributed by atoms with E-state index >= 15 is 0 Å². The van der Waals surface area contributed by atoms with Gasteiger partial charge in [0.2, 0.25) is 0 Å². The summed E-state index contributed by atoms with van der Waals surface area (Å²) in [5, 5.41) is 8.73. The van der Waals surface area contributed by atoms with E-state index in [0.29, 0.717) is 17.9 Å². The number of imide groups is 1. The summed E-state index contributed by atoms with van der Waals surface area (Å²) in [5.74, 6) is -3.07. The fourth-order valence-corrected chi connectivity index (χ4v) is 1.17. The first-order chi connectivity index (χ1) is 8.00. The smallest absolute Gasteiger partial charge is 0.333 e. The molecule has 1 rings (SSSR count). The normalized spacial score (nSPS) is 14.2. The minimum absolute atomic E-state index is 0.0313. The Balaban J connectivity index is 2.24. The molecular weight excluding hydrogens is 230 g/mol. The fraction of sp³-hybridized carbons (Fsp3) is 0.400. The molecule has 0 spiro atoms. The van der Waals surface area contributed by atoms with Crippen LogP contribution in [0.15, 0.2) is 12.2 Å². The molecule has 0 saturated carbocycles. The summed E-state index contributed by atoms with van der Waals surface area (Å²) in [6, 6.07) is 0. The molecule has 0 saturated heterocycles. The van der Waals surface area contributed by atoms with Crippen LogP contribution >= 0.6 is 0 Å². The minimum Gasteiger partial charge on any atom is -0.481 e. The third kappa shape index (κ3) is 4.06. The number of carboxylic acids is 1. The topological polar surface area (TPSA) is 101 Å². The Morgan fingerprint density at radius 1 is 1.12 bits per heavy atom. The highest BCUT2D eigenvalue weighted by atomic mass is 16.7. The number of unbranched alkanes of at least 4 members (excludes halogenated alkanes) is 1. The van der Waals surface area contributed by atoms with Crippen LogP contribution in [0.1, 0.15) is 25.7 Å². The molecule has 0 aromatic rings.